The Bertz CT molecular complexity index is 1540. The molecule has 5 rings (SSSR count). The maximum Gasteiger partial charge on any atom is 0.271 e. The molecular formula is C30H23ClN4O2S. The van der Waals surface area contributed by atoms with Gasteiger partial charge in [-0.15, -0.1) is 11.3 Å². The van der Waals surface area contributed by atoms with E-state index in [4.69, 9.17) is 16.3 Å². The van der Waals surface area contributed by atoms with Crippen LogP contribution in [0.1, 0.15) is 21.5 Å². The summed E-state index contributed by atoms with van der Waals surface area (Å²) >= 11 is 7.45. The Morgan fingerprint density at radius 2 is 1.66 bits per heavy atom. The number of halogens is 1. The van der Waals surface area contributed by atoms with Gasteiger partial charge in [-0.25, -0.2) is 10.4 Å². The molecular weight excluding hydrogens is 516 g/mol. The Labute approximate surface area is 229 Å². The van der Waals surface area contributed by atoms with Gasteiger partial charge < -0.3 is 10.1 Å². The highest BCUT2D eigenvalue weighted by Gasteiger charge is 2.09. The lowest BCUT2D eigenvalue weighted by molar-refractivity contribution is 0.0955. The Morgan fingerprint density at radius 1 is 0.921 bits per heavy atom. The summed E-state index contributed by atoms with van der Waals surface area (Å²) in [5.74, 6) is 0.380. The number of thiazole rings is 1. The van der Waals surface area contributed by atoms with E-state index in [1.165, 1.54) is 11.3 Å². The molecule has 188 valence electrons. The number of ether oxygens (including phenoxy) is 1. The summed E-state index contributed by atoms with van der Waals surface area (Å²) in [4.78, 5) is 17.3. The fourth-order valence-corrected chi connectivity index (χ4v) is 4.46. The van der Waals surface area contributed by atoms with Crippen LogP contribution in [0.2, 0.25) is 5.02 Å². The number of carbonyl (C=O) groups is 1. The average Bonchev–Trinajstić information content (AvgIpc) is 3.43. The number of nitrogens with one attached hydrogen (secondary N) is 2. The fourth-order valence-electron chi connectivity index (χ4n) is 3.59. The van der Waals surface area contributed by atoms with E-state index in [1.807, 2.05) is 96.4 Å². The van der Waals surface area contributed by atoms with E-state index < -0.39 is 0 Å². The standard InChI is InChI=1S/C30H23ClN4O2S/c31-25-14-16-26(17-15-25)33-30-34-27(20-38-30)22-10-12-23(13-11-22)29(36)35-32-18-24-8-4-5-9-28(24)37-19-21-6-2-1-3-7-21/h1-18,20H,19H2,(H,33,34)(H,35,36)/b32-18-. The number of nitrogens with zero attached hydrogens (tertiary/aromatic N) is 2. The number of hydrogen-bond acceptors (Lipinski definition) is 6. The van der Waals surface area contributed by atoms with Gasteiger partial charge in [0.1, 0.15) is 12.4 Å². The van der Waals surface area contributed by atoms with Gasteiger partial charge in [0.25, 0.3) is 5.91 Å². The van der Waals surface area contributed by atoms with Crippen LogP contribution in [0.3, 0.4) is 0 Å². The zero-order valence-corrected chi connectivity index (χ0v) is 21.7. The van der Waals surface area contributed by atoms with Gasteiger partial charge >= 0.3 is 0 Å². The van der Waals surface area contributed by atoms with E-state index in [9.17, 15) is 4.79 Å². The van der Waals surface area contributed by atoms with Crippen LogP contribution in [0, 0.1) is 0 Å². The molecule has 0 spiro atoms. The van der Waals surface area contributed by atoms with Gasteiger partial charge in [0.05, 0.1) is 11.9 Å². The predicted molar refractivity (Wildman–Crippen MR) is 155 cm³/mol. The number of hydrazone groups is 1. The number of aromatic nitrogens is 1. The van der Waals surface area contributed by atoms with Crippen molar-refractivity contribution in [3.05, 3.63) is 130 Å². The average molecular weight is 539 g/mol. The highest BCUT2D eigenvalue weighted by Crippen LogP contribution is 2.28. The number of hydrogen-bond donors (Lipinski definition) is 2. The summed E-state index contributed by atoms with van der Waals surface area (Å²) in [5, 5.41) is 10.8. The van der Waals surface area contributed by atoms with E-state index in [0.717, 1.165) is 33.2 Å². The molecule has 1 aromatic heterocycles. The molecule has 5 aromatic rings. The summed E-state index contributed by atoms with van der Waals surface area (Å²) in [6.45, 7) is 0.446. The van der Waals surface area contributed by atoms with Crippen molar-refractivity contribution in [2.45, 2.75) is 6.61 Å². The van der Waals surface area contributed by atoms with Crippen molar-refractivity contribution in [3.8, 4) is 17.0 Å². The number of benzene rings is 4. The van der Waals surface area contributed by atoms with Crippen LogP contribution in [0.15, 0.2) is 114 Å². The lowest BCUT2D eigenvalue weighted by Crippen LogP contribution is -2.17. The zero-order valence-electron chi connectivity index (χ0n) is 20.2. The second-order valence-corrected chi connectivity index (χ2v) is 9.55. The van der Waals surface area contributed by atoms with Crippen LogP contribution in [0.25, 0.3) is 11.3 Å². The Kier molecular flexibility index (Phi) is 8.08. The van der Waals surface area contributed by atoms with Crippen molar-refractivity contribution in [1.82, 2.24) is 10.4 Å². The Morgan fingerprint density at radius 3 is 2.45 bits per heavy atom. The number of amides is 1. The summed E-state index contributed by atoms with van der Waals surface area (Å²) in [7, 11) is 0. The molecule has 0 saturated heterocycles. The van der Waals surface area contributed by atoms with Gasteiger partial charge in [0.15, 0.2) is 5.13 Å². The van der Waals surface area contributed by atoms with Crippen LogP contribution >= 0.6 is 22.9 Å². The topological polar surface area (TPSA) is 75.6 Å². The maximum atomic E-state index is 12.6. The first-order chi connectivity index (χ1) is 18.6. The van der Waals surface area contributed by atoms with E-state index in [0.29, 0.717) is 22.9 Å². The van der Waals surface area contributed by atoms with Crippen molar-refractivity contribution in [1.29, 1.82) is 0 Å². The summed E-state index contributed by atoms with van der Waals surface area (Å²) in [6.07, 6.45) is 1.58. The van der Waals surface area contributed by atoms with Gasteiger partial charge in [-0.3, -0.25) is 4.79 Å². The Balaban J connectivity index is 1.18. The largest absolute Gasteiger partial charge is 0.488 e. The monoisotopic (exact) mass is 538 g/mol. The number of para-hydroxylation sites is 1. The van der Waals surface area contributed by atoms with Gasteiger partial charge in [0.2, 0.25) is 0 Å². The van der Waals surface area contributed by atoms with Crippen molar-refractivity contribution in [3.63, 3.8) is 0 Å². The minimum Gasteiger partial charge on any atom is -0.488 e. The molecule has 4 aromatic carbocycles. The number of anilines is 2. The normalized spacial score (nSPS) is 10.9. The molecule has 0 aliphatic carbocycles. The first kappa shape index (κ1) is 25.2. The fraction of sp³-hybridized carbons (Fsp3) is 0.0333. The highest BCUT2D eigenvalue weighted by atomic mass is 35.5. The molecule has 0 unspecified atom stereocenters. The highest BCUT2D eigenvalue weighted by molar-refractivity contribution is 7.14. The van der Waals surface area contributed by atoms with Gasteiger partial charge in [-0.1, -0.05) is 66.2 Å². The molecule has 0 aliphatic rings. The third-order valence-corrected chi connectivity index (χ3v) is 6.58. The predicted octanol–water partition coefficient (Wildman–Crippen LogP) is 7.55. The first-order valence-electron chi connectivity index (χ1n) is 11.8. The smallest absolute Gasteiger partial charge is 0.271 e. The maximum absolute atomic E-state index is 12.6. The third kappa shape index (κ3) is 6.64. The van der Waals surface area contributed by atoms with E-state index in [-0.39, 0.29) is 5.91 Å². The molecule has 0 fully saturated rings. The van der Waals surface area contributed by atoms with Crippen molar-refractivity contribution >= 4 is 45.9 Å². The van der Waals surface area contributed by atoms with E-state index in [1.54, 1.807) is 18.3 Å². The van der Waals surface area contributed by atoms with Crippen molar-refractivity contribution in [2.75, 3.05) is 5.32 Å². The van der Waals surface area contributed by atoms with Gasteiger partial charge in [-0.05, 0) is 54.1 Å². The van der Waals surface area contributed by atoms with E-state index >= 15 is 0 Å². The minimum absolute atomic E-state index is 0.307. The molecule has 1 heterocycles. The molecule has 0 saturated carbocycles. The zero-order chi connectivity index (χ0) is 26.2. The van der Waals surface area contributed by atoms with Crippen LogP contribution in [0.5, 0.6) is 5.75 Å². The molecule has 0 aliphatic heterocycles. The number of rotatable bonds is 9. The van der Waals surface area contributed by atoms with Crippen LogP contribution in [-0.2, 0) is 6.61 Å². The molecule has 1 amide bonds. The molecule has 6 nitrogen and oxygen atoms in total. The summed E-state index contributed by atoms with van der Waals surface area (Å²) in [5.41, 5.74) is 7.57. The molecule has 38 heavy (non-hydrogen) atoms. The van der Waals surface area contributed by atoms with Crippen LogP contribution < -0.4 is 15.5 Å². The van der Waals surface area contributed by atoms with Crippen LogP contribution in [-0.4, -0.2) is 17.1 Å². The minimum atomic E-state index is -0.307. The Hall–Kier alpha value is -4.46. The summed E-state index contributed by atoms with van der Waals surface area (Å²) in [6, 6.07) is 32.2. The second-order valence-electron chi connectivity index (χ2n) is 8.26. The van der Waals surface area contributed by atoms with Gasteiger partial charge in [-0.2, -0.15) is 5.10 Å². The SMILES string of the molecule is O=C(N/N=C\c1ccccc1OCc1ccccc1)c1ccc(-c2csc(Nc3ccc(Cl)cc3)n2)cc1. The lowest BCUT2D eigenvalue weighted by Gasteiger charge is -2.09. The quantitative estimate of drug-likeness (QED) is 0.150. The third-order valence-electron chi connectivity index (χ3n) is 5.57. The summed E-state index contributed by atoms with van der Waals surface area (Å²) < 4.78 is 5.94. The van der Waals surface area contributed by atoms with Crippen molar-refractivity contribution < 1.29 is 9.53 Å². The van der Waals surface area contributed by atoms with Crippen LogP contribution in [0.4, 0.5) is 10.8 Å². The molecule has 0 radical (unpaired) electrons. The molecule has 2 N–H and O–H groups in total. The lowest BCUT2D eigenvalue weighted by atomic mass is 10.1. The molecule has 0 atom stereocenters. The first-order valence-corrected chi connectivity index (χ1v) is 13.1. The van der Waals surface area contributed by atoms with Crippen molar-refractivity contribution in [2.24, 2.45) is 5.10 Å². The van der Waals surface area contributed by atoms with E-state index in [2.05, 4.69) is 20.8 Å². The number of carbonyl (C=O) groups excluding carboxylic acids is 1. The second kappa shape index (κ2) is 12.2. The molecule has 8 heteroatoms. The van der Waals surface area contributed by atoms with Gasteiger partial charge in [0, 0.05) is 32.8 Å². The molecule has 0 bridgehead atoms.